The summed E-state index contributed by atoms with van der Waals surface area (Å²) in [4.78, 5) is 14.0. The number of carboxylic acids is 1. The van der Waals surface area contributed by atoms with Crippen LogP contribution in [-0.2, 0) is 14.8 Å². The summed E-state index contributed by atoms with van der Waals surface area (Å²) in [6.07, 6.45) is 2.58. The lowest BCUT2D eigenvalue weighted by Crippen LogP contribution is -2.17. The third-order valence-electron chi connectivity index (χ3n) is 1.84. The van der Waals surface area contributed by atoms with Crippen molar-refractivity contribution in [1.82, 2.24) is 4.98 Å². The van der Waals surface area contributed by atoms with E-state index in [4.69, 9.17) is 16.7 Å². The molecule has 0 aliphatic heterocycles. The zero-order chi connectivity index (χ0) is 12.9. The van der Waals surface area contributed by atoms with Crippen LogP contribution in [0.2, 0.25) is 5.02 Å². The Kier molecular flexibility index (Phi) is 4.71. The number of nitrogens with one attached hydrogen (secondary N) is 1. The molecule has 0 aromatic carbocycles. The van der Waals surface area contributed by atoms with Crippen molar-refractivity contribution < 1.29 is 18.3 Å². The highest BCUT2D eigenvalue weighted by atomic mass is 35.5. The Morgan fingerprint density at radius 3 is 2.82 bits per heavy atom. The number of rotatable bonds is 6. The summed E-state index contributed by atoms with van der Waals surface area (Å²) in [5.74, 6) is -1.30. The Morgan fingerprint density at radius 1 is 1.53 bits per heavy atom. The van der Waals surface area contributed by atoms with Gasteiger partial charge in [-0.25, -0.2) is 8.42 Å². The molecule has 0 bridgehead atoms. The summed E-state index contributed by atoms with van der Waals surface area (Å²) in [6, 6.07) is 1.46. The molecule has 0 fully saturated rings. The third kappa shape index (κ3) is 5.01. The molecule has 1 aromatic heterocycles. The smallest absolute Gasteiger partial charge is 0.303 e. The van der Waals surface area contributed by atoms with Gasteiger partial charge in [0.1, 0.15) is 0 Å². The zero-order valence-electron chi connectivity index (χ0n) is 8.76. The molecular formula is C9H11ClN2O4S. The Bertz CT molecular complexity index is 503. The van der Waals surface area contributed by atoms with Gasteiger partial charge in [-0.3, -0.25) is 14.5 Å². The van der Waals surface area contributed by atoms with Crippen molar-refractivity contribution in [2.75, 3.05) is 10.5 Å². The lowest BCUT2D eigenvalue weighted by molar-refractivity contribution is -0.137. The van der Waals surface area contributed by atoms with Crippen LogP contribution in [0.15, 0.2) is 18.5 Å². The average Bonchev–Trinajstić information content (AvgIpc) is 2.20. The van der Waals surface area contributed by atoms with Crippen LogP contribution in [0.3, 0.4) is 0 Å². The summed E-state index contributed by atoms with van der Waals surface area (Å²) in [6.45, 7) is 0. The number of sulfonamides is 1. The van der Waals surface area contributed by atoms with Crippen molar-refractivity contribution in [3.63, 3.8) is 0 Å². The van der Waals surface area contributed by atoms with Crippen LogP contribution >= 0.6 is 11.6 Å². The highest BCUT2D eigenvalue weighted by molar-refractivity contribution is 7.92. The van der Waals surface area contributed by atoms with Gasteiger partial charge in [0.15, 0.2) is 0 Å². The highest BCUT2D eigenvalue weighted by Crippen LogP contribution is 2.20. The second kappa shape index (κ2) is 5.83. The van der Waals surface area contributed by atoms with Crippen LogP contribution in [-0.4, -0.2) is 30.2 Å². The summed E-state index contributed by atoms with van der Waals surface area (Å²) >= 11 is 5.75. The molecule has 1 aromatic rings. The predicted molar refractivity (Wildman–Crippen MR) is 63.5 cm³/mol. The molecule has 8 heteroatoms. The fourth-order valence-electron chi connectivity index (χ4n) is 1.08. The molecule has 0 radical (unpaired) electrons. The van der Waals surface area contributed by atoms with Gasteiger partial charge < -0.3 is 5.11 Å². The number of hydrogen-bond acceptors (Lipinski definition) is 4. The molecule has 1 rings (SSSR count). The molecule has 0 spiro atoms. The predicted octanol–water partition coefficient (Wildman–Crippen LogP) is 1.34. The quantitative estimate of drug-likeness (QED) is 0.818. The van der Waals surface area contributed by atoms with Gasteiger partial charge in [0.2, 0.25) is 10.0 Å². The monoisotopic (exact) mass is 278 g/mol. The molecule has 2 N–H and O–H groups in total. The van der Waals surface area contributed by atoms with Crippen molar-refractivity contribution >= 4 is 33.3 Å². The zero-order valence-corrected chi connectivity index (χ0v) is 10.3. The van der Waals surface area contributed by atoms with Crippen LogP contribution in [0.25, 0.3) is 0 Å². The number of nitrogens with zero attached hydrogens (tertiary/aromatic N) is 1. The van der Waals surface area contributed by atoms with Crippen molar-refractivity contribution in [2.45, 2.75) is 12.8 Å². The number of aliphatic carboxylic acids is 1. The second-order valence-corrected chi connectivity index (χ2v) is 5.52. The largest absolute Gasteiger partial charge is 0.481 e. The van der Waals surface area contributed by atoms with Crippen LogP contribution < -0.4 is 4.72 Å². The van der Waals surface area contributed by atoms with E-state index < -0.39 is 16.0 Å². The number of anilines is 1. The van der Waals surface area contributed by atoms with Gasteiger partial charge in [-0.1, -0.05) is 11.6 Å². The second-order valence-electron chi connectivity index (χ2n) is 3.27. The van der Waals surface area contributed by atoms with E-state index in [1.165, 1.54) is 18.5 Å². The molecule has 0 aliphatic carbocycles. The van der Waals surface area contributed by atoms with Gasteiger partial charge in [-0.05, 0) is 12.5 Å². The lowest BCUT2D eigenvalue weighted by Gasteiger charge is -2.07. The maximum absolute atomic E-state index is 11.5. The molecule has 94 valence electrons. The first-order valence-corrected chi connectivity index (χ1v) is 6.75. The number of hydrogen-bond donors (Lipinski definition) is 2. The standard InChI is InChI=1S/C9H11ClN2O4S/c10-7-3-4-11-6-8(7)12-17(15,16)5-1-2-9(13)14/h3-4,6,12H,1-2,5H2,(H,13,14). The maximum atomic E-state index is 11.5. The van der Waals surface area contributed by atoms with Crippen LogP contribution in [0, 0.1) is 0 Å². The fraction of sp³-hybridized carbons (Fsp3) is 0.333. The van der Waals surface area contributed by atoms with E-state index in [-0.39, 0.29) is 29.3 Å². The third-order valence-corrected chi connectivity index (χ3v) is 3.52. The Balaban J connectivity index is 2.61. The number of pyridine rings is 1. The van der Waals surface area contributed by atoms with E-state index in [9.17, 15) is 13.2 Å². The van der Waals surface area contributed by atoms with E-state index in [1.807, 2.05) is 0 Å². The lowest BCUT2D eigenvalue weighted by atomic mass is 10.3. The van der Waals surface area contributed by atoms with Gasteiger partial charge in [-0.15, -0.1) is 0 Å². The number of carbonyl (C=O) groups is 1. The van der Waals surface area contributed by atoms with Crippen LogP contribution in [0.1, 0.15) is 12.8 Å². The minimum absolute atomic E-state index is 0.0442. The first kappa shape index (κ1) is 13.7. The summed E-state index contributed by atoms with van der Waals surface area (Å²) in [5, 5.41) is 8.64. The van der Waals surface area contributed by atoms with E-state index >= 15 is 0 Å². The van der Waals surface area contributed by atoms with Crippen molar-refractivity contribution in [1.29, 1.82) is 0 Å². The fourth-order valence-corrected chi connectivity index (χ4v) is 2.42. The Labute approximate surface area is 104 Å². The topological polar surface area (TPSA) is 96.4 Å². The van der Waals surface area contributed by atoms with Gasteiger partial charge in [0.25, 0.3) is 0 Å². The molecule has 0 aliphatic rings. The minimum Gasteiger partial charge on any atom is -0.481 e. The van der Waals surface area contributed by atoms with Crippen LogP contribution in [0.4, 0.5) is 5.69 Å². The average molecular weight is 279 g/mol. The molecule has 0 saturated heterocycles. The maximum Gasteiger partial charge on any atom is 0.303 e. The number of aromatic nitrogens is 1. The highest BCUT2D eigenvalue weighted by Gasteiger charge is 2.13. The molecule has 0 amide bonds. The molecule has 17 heavy (non-hydrogen) atoms. The molecule has 1 heterocycles. The normalized spacial score (nSPS) is 11.1. The number of carboxylic acid groups (broad SMARTS) is 1. The number of halogens is 1. The SMILES string of the molecule is O=C(O)CCCS(=O)(=O)Nc1cnccc1Cl. The molecule has 0 atom stereocenters. The van der Waals surface area contributed by atoms with Crippen molar-refractivity contribution in [2.24, 2.45) is 0 Å². The van der Waals surface area contributed by atoms with Gasteiger partial charge in [0, 0.05) is 12.6 Å². The molecule has 0 saturated carbocycles. The van der Waals surface area contributed by atoms with Crippen molar-refractivity contribution in [3.8, 4) is 0 Å². The van der Waals surface area contributed by atoms with Crippen molar-refractivity contribution in [3.05, 3.63) is 23.5 Å². The molecular weight excluding hydrogens is 268 g/mol. The summed E-state index contributed by atoms with van der Waals surface area (Å²) in [7, 11) is -3.59. The van der Waals surface area contributed by atoms with E-state index in [0.717, 1.165) is 0 Å². The molecule has 0 unspecified atom stereocenters. The van der Waals surface area contributed by atoms with E-state index in [1.54, 1.807) is 0 Å². The minimum atomic E-state index is -3.59. The first-order valence-electron chi connectivity index (χ1n) is 4.72. The first-order chi connectivity index (χ1) is 7.91. The van der Waals surface area contributed by atoms with E-state index in [2.05, 4.69) is 9.71 Å². The van der Waals surface area contributed by atoms with E-state index in [0.29, 0.717) is 0 Å². The van der Waals surface area contributed by atoms with Gasteiger partial charge in [0.05, 0.1) is 22.7 Å². The Hall–Kier alpha value is -1.34. The molecule has 6 nitrogen and oxygen atoms in total. The van der Waals surface area contributed by atoms with Gasteiger partial charge >= 0.3 is 5.97 Å². The Morgan fingerprint density at radius 2 is 2.24 bits per heavy atom. The summed E-state index contributed by atoms with van der Waals surface area (Å²) in [5.41, 5.74) is 0.185. The van der Waals surface area contributed by atoms with Crippen LogP contribution in [0.5, 0.6) is 0 Å². The van der Waals surface area contributed by atoms with Gasteiger partial charge in [-0.2, -0.15) is 0 Å². The summed E-state index contributed by atoms with van der Waals surface area (Å²) < 4.78 is 25.3.